The first-order chi connectivity index (χ1) is 11.4. The third-order valence-corrected chi connectivity index (χ3v) is 5.72. The van der Waals surface area contributed by atoms with E-state index in [-0.39, 0.29) is 16.7 Å². The standard InChI is InChI=1S/C18H22N2O3S/c1-4-14(2)18(21)19-15-9-8-12-17(13-15)24(22,23)20(3)16-10-6-5-7-11-16/h5-14H,4H2,1-3H3,(H,19,21)/t14-/m1/s1. The van der Waals surface area contributed by atoms with Crippen LogP contribution in [0, 0.1) is 5.92 Å². The Morgan fingerprint density at radius 1 is 1.12 bits per heavy atom. The molecule has 0 aromatic heterocycles. The van der Waals surface area contributed by atoms with Crippen LogP contribution < -0.4 is 9.62 Å². The van der Waals surface area contributed by atoms with Crippen molar-refractivity contribution in [2.75, 3.05) is 16.7 Å². The van der Waals surface area contributed by atoms with Crippen LogP contribution in [-0.2, 0) is 14.8 Å². The zero-order chi connectivity index (χ0) is 17.7. The van der Waals surface area contributed by atoms with Crippen molar-refractivity contribution in [3.05, 3.63) is 54.6 Å². The number of hydrogen-bond acceptors (Lipinski definition) is 3. The number of para-hydroxylation sites is 1. The summed E-state index contributed by atoms with van der Waals surface area (Å²) in [7, 11) is -2.19. The van der Waals surface area contributed by atoms with E-state index in [1.54, 1.807) is 36.4 Å². The van der Waals surface area contributed by atoms with Gasteiger partial charge in [-0.25, -0.2) is 8.42 Å². The van der Waals surface area contributed by atoms with E-state index >= 15 is 0 Å². The molecule has 0 aliphatic carbocycles. The summed E-state index contributed by atoms with van der Waals surface area (Å²) in [6.45, 7) is 3.76. The minimum atomic E-state index is -3.69. The summed E-state index contributed by atoms with van der Waals surface area (Å²) in [6, 6.07) is 15.2. The molecular weight excluding hydrogens is 324 g/mol. The zero-order valence-corrected chi connectivity index (χ0v) is 14.9. The second kappa shape index (κ2) is 7.49. The molecule has 0 spiro atoms. The van der Waals surface area contributed by atoms with Crippen LogP contribution in [-0.4, -0.2) is 21.4 Å². The summed E-state index contributed by atoms with van der Waals surface area (Å²) in [6.07, 6.45) is 0.723. The van der Waals surface area contributed by atoms with Crippen molar-refractivity contribution >= 4 is 27.3 Å². The maximum absolute atomic E-state index is 12.8. The van der Waals surface area contributed by atoms with Gasteiger partial charge in [0.15, 0.2) is 0 Å². The van der Waals surface area contributed by atoms with Gasteiger partial charge in [-0.2, -0.15) is 0 Å². The van der Waals surface area contributed by atoms with Gasteiger partial charge >= 0.3 is 0 Å². The predicted octanol–water partition coefficient (Wildman–Crippen LogP) is 3.50. The summed E-state index contributed by atoms with van der Waals surface area (Å²) in [5.41, 5.74) is 1.05. The SMILES string of the molecule is CC[C@@H](C)C(=O)Nc1cccc(S(=O)(=O)N(C)c2ccccc2)c1. The number of rotatable bonds is 6. The molecule has 6 heteroatoms. The van der Waals surface area contributed by atoms with Crippen molar-refractivity contribution in [1.82, 2.24) is 0 Å². The molecule has 0 aliphatic rings. The summed E-state index contributed by atoms with van der Waals surface area (Å²) in [4.78, 5) is 12.1. The van der Waals surface area contributed by atoms with Crippen LogP contribution in [0.25, 0.3) is 0 Å². The van der Waals surface area contributed by atoms with E-state index in [1.165, 1.54) is 23.5 Å². The van der Waals surface area contributed by atoms with Gasteiger partial charge in [0.2, 0.25) is 5.91 Å². The molecule has 5 nitrogen and oxygen atoms in total. The van der Waals surface area contributed by atoms with Gasteiger partial charge in [-0.1, -0.05) is 38.1 Å². The van der Waals surface area contributed by atoms with Crippen molar-refractivity contribution < 1.29 is 13.2 Å². The highest BCUT2D eigenvalue weighted by Crippen LogP contribution is 2.24. The van der Waals surface area contributed by atoms with E-state index in [9.17, 15) is 13.2 Å². The van der Waals surface area contributed by atoms with Crippen molar-refractivity contribution in [3.8, 4) is 0 Å². The molecule has 0 fully saturated rings. The number of nitrogens with one attached hydrogen (secondary N) is 1. The minimum Gasteiger partial charge on any atom is -0.326 e. The Morgan fingerprint density at radius 2 is 1.79 bits per heavy atom. The number of benzene rings is 2. The van der Waals surface area contributed by atoms with Crippen LogP contribution in [0.15, 0.2) is 59.5 Å². The molecule has 128 valence electrons. The Kier molecular flexibility index (Phi) is 5.62. The van der Waals surface area contributed by atoms with Crippen LogP contribution in [0.5, 0.6) is 0 Å². The molecule has 1 atom stereocenters. The summed E-state index contributed by atoms with van der Waals surface area (Å²) >= 11 is 0. The van der Waals surface area contributed by atoms with Crippen LogP contribution in [0.1, 0.15) is 20.3 Å². The Hall–Kier alpha value is -2.34. The number of carbonyl (C=O) groups is 1. The molecule has 2 rings (SSSR count). The monoisotopic (exact) mass is 346 g/mol. The van der Waals surface area contributed by atoms with Crippen LogP contribution in [0.4, 0.5) is 11.4 Å². The fourth-order valence-electron chi connectivity index (χ4n) is 2.12. The fourth-order valence-corrected chi connectivity index (χ4v) is 3.36. The Morgan fingerprint density at radius 3 is 2.42 bits per heavy atom. The number of anilines is 2. The van der Waals surface area contributed by atoms with Gasteiger partial charge in [-0.3, -0.25) is 9.10 Å². The van der Waals surface area contributed by atoms with Gasteiger partial charge in [0.1, 0.15) is 0 Å². The first kappa shape index (κ1) is 18.0. The maximum Gasteiger partial charge on any atom is 0.264 e. The molecule has 0 bridgehead atoms. The lowest BCUT2D eigenvalue weighted by atomic mass is 10.1. The van der Waals surface area contributed by atoms with Crippen molar-refractivity contribution in [3.63, 3.8) is 0 Å². The Balaban J connectivity index is 2.28. The van der Waals surface area contributed by atoms with Gasteiger partial charge in [0.25, 0.3) is 10.0 Å². The molecule has 0 radical (unpaired) electrons. The third kappa shape index (κ3) is 3.94. The molecule has 2 aromatic carbocycles. The molecule has 0 aliphatic heterocycles. The van der Waals surface area contributed by atoms with Gasteiger partial charge in [-0.15, -0.1) is 0 Å². The van der Waals surface area contributed by atoms with Crippen molar-refractivity contribution in [1.29, 1.82) is 0 Å². The average molecular weight is 346 g/mol. The van der Waals surface area contributed by atoms with E-state index in [4.69, 9.17) is 0 Å². The van der Waals surface area contributed by atoms with Gasteiger partial charge in [-0.05, 0) is 36.8 Å². The van der Waals surface area contributed by atoms with E-state index in [1.807, 2.05) is 19.9 Å². The summed E-state index contributed by atoms with van der Waals surface area (Å²) in [5, 5.41) is 2.76. The van der Waals surface area contributed by atoms with Crippen LogP contribution in [0.2, 0.25) is 0 Å². The highest BCUT2D eigenvalue weighted by Gasteiger charge is 2.22. The molecule has 24 heavy (non-hydrogen) atoms. The van der Waals surface area contributed by atoms with Gasteiger partial charge < -0.3 is 5.32 Å². The predicted molar refractivity (Wildman–Crippen MR) is 96.6 cm³/mol. The normalized spacial score (nSPS) is 12.5. The van der Waals surface area contributed by atoms with Crippen LogP contribution in [0.3, 0.4) is 0 Å². The average Bonchev–Trinajstić information content (AvgIpc) is 2.61. The molecule has 0 saturated heterocycles. The zero-order valence-electron chi connectivity index (χ0n) is 14.1. The molecule has 0 saturated carbocycles. The fraction of sp³-hybridized carbons (Fsp3) is 0.278. The van der Waals surface area contributed by atoms with E-state index in [0.717, 1.165) is 6.42 Å². The largest absolute Gasteiger partial charge is 0.326 e. The Labute approximate surface area is 143 Å². The van der Waals surface area contributed by atoms with Gasteiger partial charge in [0, 0.05) is 18.7 Å². The summed E-state index contributed by atoms with van der Waals surface area (Å²) < 4.78 is 26.8. The first-order valence-electron chi connectivity index (χ1n) is 7.81. The lowest BCUT2D eigenvalue weighted by Gasteiger charge is -2.20. The third-order valence-electron chi connectivity index (χ3n) is 3.94. The molecular formula is C18H22N2O3S. The van der Waals surface area contributed by atoms with Crippen molar-refractivity contribution in [2.24, 2.45) is 5.92 Å². The number of carbonyl (C=O) groups excluding carboxylic acids is 1. The second-order valence-corrected chi connectivity index (χ2v) is 7.60. The van der Waals surface area contributed by atoms with Gasteiger partial charge in [0.05, 0.1) is 10.6 Å². The first-order valence-corrected chi connectivity index (χ1v) is 9.25. The molecule has 2 aromatic rings. The quantitative estimate of drug-likeness (QED) is 0.870. The molecule has 1 amide bonds. The molecule has 0 heterocycles. The smallest absolute Gasteiger partial charge is 0.264 e. The van der Waals surface area contributed by atoms with E-state index in [0.29, 0.717) is 11.4 Å². The minimum absolute atomic E-state index is 0.122. The van der Waals surface area contributed by atoms with E-state index in [2.05, 4.69) is 5.32 Å². The molecule has 0 unspecified atom stereocenters. The van der Waals surface area contributed by atoms with Crippen molar-refractivity contribution in [2.45, 2.75) is 25.2 Å². The highest BCUT2D eigenvalue weighted by atomic mass is 32.2. The second-order valence-electron chi connectivity index (χ2n) is 5.63. The number of sulfonamides is 1. The topological polar surface area (TPSA) is 66.5 Å². The lowest BCUT2D eigenvalue weighted by molar-refractivity contribution is -0.119. The number of hydrogen-bond donors (Lipinski definition) is 1. The highest BCUT2D eigenvalue weighted by molar-refractivity contribution is 7.92. The van der Waals surface area contributed by atoms with Crippen LogP contribution >= 0.6 is 0 Å². The summed E-state index contributed by atoms with van der Waals surface area (Å²) in [5.74, 6) is -0.249. The lowest BCUT2D eigenvalue weighted by Crippen LogP contribution is -2.26. The number of nitrogens with zero attached hydrogens (tertiary/aromatic N) is 1. The van der Waals surface area contributed by atoms with E-state index < -0.39 is 10.0 Å². The Bertz CT molecular complexity index is 804. The maximum atomic E-state index is 12.8. The number of amides is 1. The molecule has 1 N–H and O–H groups in total.